The Morgan fingerprint density at radius 2 is 2.35 bits per heavy atom. The first kappa shape index (κ1) is 15.5. The van der Waals surface area contributed by atoms with Gasteiger partial charge in [0.2, 0.25) is 5.91 Å². The zero-order valence-electron chi connectivity index (χ0n) is 12.8. The van der Waals surface area contributed by atoms with Crippen molar-refractivity contribution in [2.24, 2.45) is 5.41 Å². The largest absolute Gasteiger partial charge is 0.335 e. The Labute approximate surface area is 126 Å². The molecule has 0 aliphatic carbocycles. The standard InChI is InChI=1S/C16H26N2OS/c1-4-16(8-6-9-17-12-16)15(19)18(13(2)3)11-14-7-5-10-20-14/h5,7,10,13,17H,4,6,8-9,11-12H2,1-3H3. The molecule has 1 fully saturated rings. The zero-order valence-corrected chi connectivity index (χ0v) is 13.6. The van der Waals surface area contributed by atoms with E-state index in [0.717, 1.165) is 38.9 Å². The number of carbonyl (C=O) groups is 1. The SMILES string of the molecule is CCC1(C(=O)N(Cc2cccs2)C(C)C)CCCNC1. The van der Waals surface area contributed by atoms with E-state index in [9.17, 15) is 4.79 Å². The predicted molar refractivity (Wildman–Crippen MR) is 84.8 cm³/mol. The maximum atomic E-state index is 13.1. The summed E-state index contributed by atoms with van der Waals surface area (Å²) < 4.78 is 0. The third-order valence-electron chi connectivity index (χ3n) is 4.39. The molecule has 1 saturated heterocycles. The highest BCUT2D eigenvalue weighted by Crippen LogP contribution is 2.33. The van der Waals surface area contributed by atoms with Gasteiger partial charge in [-0.1, -0.05) is 13.0 Å². The summed E-state index contributed by atoms with van der Waals surface area (Å²) in [5.41, 5.74) is -0.195. The van der Waals surface area contributed by atoms with Crippen LogP contribution in [0.25, 0.3) is 0 Å². The molecule has 1 aromatic rings. The second-order valence-electron chi connectivity index (χ2n) is 6.02. The van der Waals surface area contributed by atoms with Crippen molar-refractivity contribution < 1.29 is 4.79 Å². The van der Waals surface area contributed by atoms with Crippen LogP contribution in [-0.2, 0) is 11.3 Å². The van der Waals surface area contributed by atoms with Crippen LogP contribution in [0.2, 0.25) is 0 Å². The van der Waals surface area contributed by atoms with E-state index in [1.807, 2.05) is 0 Å². The third-order valence-corrected chi connectivity index (χ3v) is 5.25. The average Bonchev–Trinajstić information content (AvgIpc) is 2.97. The van der Waals surface area contributed by atoms with Gasteiger partial charge in [0.05, 0.1) is 12.0 Å². The summed E-state index contributed by atoms with van der Waals surface area (Å²) in [6, 6.07) is 4.42. The van der Waals surface area contributed by atoms with Gasteiger partial charge in [0.25, 0.3) is 0 Å². The molecule has 1 amide bonds. The number of piperidine rings is 1. The summed E-state index contributed by atoms with van der Waals surface area (Å²) in [6.07, 6.45) is 3.04. The van der Waals surface area contributed by atoms with Gasteiger partial charge in [0, 0.05) is 17.5 Å². The molecule has 20 heavy (non-hydrogen) atoms. The van der Waals surface area contributed by atoms with Crippen LogP contribution in [0.3, 0.4) is 0 Å². The molecule has 1 atom stereocenters. The highest BCUT2D eigenvalue weighted by molar-refractivity contribution is 7.09. The fourth-order valence-corrected chi connectivity index (χ4v) is 3.67. The molecule has 1 aliphatic heterocycles. The Kier molecular flexibility index (Phi) is 5.22. The van der Waals surface area contributed by atoms with E-state index in [1.54, 1.807) is 11.3 Å². The lowest BCUT2D eigenvalue weighted by atomic mass is 9.77. The van der Waals surface area contributed by atoms with Crippen LogP contribution in [0.1, 0.15) is 44.9 Å². The van der Waals surface area contributed by atoms with E-state index in [4.69, 9.17) is 0 Å². The van der Waals surface area contributed by atoms with Gasteiger partial charge >= 0.3 is 0 Å². The van der Waals surface area contributed by atoms with E-state index in [0.29, 0.717) is 5.91 Å². The molecule has 0 spiro atoms. The predicted octanol–water partition coefficient (Wildman–Crippen LogP) is 3.26. The van der Waals surface area contributed by atoms with E-state index < -0.39 is 0 Å². The first-order chi connectivity index (χ1) is 9.59. The third kappa shape index (κ3) is 3.23. The molecule has 4 heteroatoms. The monoisotopic (exact) mass is 294 g/mol. The smallest absolute Gasteiger partial charge is 0.230 e. The number of carbonyl (C=O) groups excluding carboxylic acids is 1. The van der Waals surface area contributed by atoms with E-state index in [2.05, 4.69) is 48.5 Å². The lowest BCUT2D eigenvalue weighted by Gasteiger charge is -2.41. The van der Waals surface area contributed by atoms with Crippen molar-refractivity contribution >= 4 is 17.2 Å². The lowest BCUT2D eigenvalue weighted by molar-refractivity contribution is -0.146. The molecule has 1 N–H and O–H groups in total. The summed E-state index contributed by atoms with van der Waals surface area (Å²) in [7, 11) is 0. The topological polar surface area (TPSA) is 32.3 Å². The molecule has 2 rings (SSSR count). The molecule has 3 nitrogen and oxygen atoms in total. The van der Waals surface area contributed by atoms with Crippen molar-refractivity contribution in [1.82, 2.24) is 10.2 Å². The van der Waals surface area contributed by atoms with Crippen LogP contribution in [0.5, 0.6) is 0 Å². The summed E-state index contributed by atoms with van der Waals surface area (Å²) in [6.45, 7) is 9.00. The molecular weight excluding hydrogens is 268 g/mol. The molecule has 0 aromatic carbocycles. The second kappa shape index (κ2) is 6.72. The minimum atomic E-state index is -0.195. The number of nitrogens with zero attached hydrogens (tertiary/aromatic N) is 1. The van der Waals surface area contributed by atoms with Gasteiger partial charge in [-0.05, 0) is 51.1 Å². The molecule has 112 valence electrons. The summed E-state index contributed by atoms with van der Waals surface area (Å²) >= 11 is 1.73. The van der Waals surface area contributed by atoms with Crippen LogP contribution >= 0.6 is 11.3 Å². The van der Waals surface area contributed by atoms with Crippen LogP contribution in [0.4, 0.5) is 0 Å². The van der Waals surface area contributed by atoms with Crippen LogP contribution in [0, 0.1) is 5.41 Å². The Bertz CT molecular complexity index is 422. The fraction of sp³-hybridized carbons (Fsp3) is 0.688. The van der Waals surface area contributed by atoms with E-state index >= 15 is 0 Å². The minimum Gasteiger partial charge on any atom is -0.335 e. The normalized spacial score (nSPS) is 23.0. The van der Waals surface area contributed by atoms with Crippen molar-refractivity contribution in [3.63, 3.8) is 0 Å². The van der Waals surface area contributed by atoms with Crippen molar-refractivity contribution in [3.05, 3.63) is 22.4 Å². The first-order valence-corrected chi connectivity index (χ1v) is 8.51. The molecule has 0 bridgehead atoms. The molecule has 1 unspecified atom stereocenters. The second-order valence-corrected chi connectivity index (χ2v) is 7.05. The quantitative estimate of drug-likeness (QED) is 0.904. The highest BCUT2D eigenvalue weighted by atomic mass is 32.1. The maximum Gasteiger partial charge on any atom is 0.230 e. The Morgan fingerprint density at radius 3 is 2.85 bits per heavy atom. The zero-order chi connectivity index (χ0) is 14.6. The number of hydrogen-bond donors (Lipinski definition) is 1. The Morgan fingerprint density at radius 1 is 1.55 bits per heavy atom. The Balaban J connectivity index is 2.17. The van der Waals surface area contributed by atoms with Crippen molar-refractivity contribution in [2.45, 2.75) is 52.6 Å². The average molecular weight is 294 g/mol. The number of thiophene rings is 1. The summed E-state index contributed by atoms with van der Waals surface area (Å²) in [5.74, 6) is 0.329. The van der Waals surface area contributed by atoms with Crippen molar-refractivity contribution in [1.29, 1.82) is 0 Å². The molecule has 0 radical (unpaired) electrons. The fourth-order valence-electron chi connectivity index (χ4n) is 2.97. The lowest BCUT2D eigenvalue weighted by Crippen LogP contribution is -2.53. The minimum absolute atomic E-state index is 0.195. The van der Waals surface area contributed by atoms with Crippen LogP contribution < -0.4 is 5.32 Å². The summed E-state index contributed by atoms with van der Waals surface area (Å²) in [4.78, 5) is 16.4. The number of hydrogen-bond acceptors (Lipinski definition) is 3. The molecular formula is C16H26N2OS. The van der Waals surface area contributed by atoms with Crippen LogP contribution in [-0.4, -0.2) is 29.9 Å². The van der Waals surface area contributed by atoms with Gasteiger partial charge in [-0.2, -0.15) is 0 Å². The molecule has 1 aliphatic rings. The summed E-state index contributed by atoms with van der Waals surface area (Å²) in [5, 5.41) is 5.49. The Hall–Kier alpha value is -0.870. The van der Waals surface area contributed by atoms with Crippen molar-refractivity contribution in [2.75, 3.05) is 13.1 Å². The highest BCUT2D eigenvalue weighted by Gasteiger charge is 2.41. The first-order valence-electron chi connectivity index (χ1n) is 7.63. The van der Waals surface area contributed by atoms with Gasteiger partial charge in [-0.25, -0.2) is 0 Å². The number of nitrogens with one attached hydrogen (secondary N) is 1. The van der Waals surface area contributed by atoms with Crippen molar-refractivity contribution in [3.8, 4) is 0 Å². The number of amides is 1. The number of rotatable bonds is 5. The van der Waals surface area contributed by atoms with Gasteiger partial charge in [0.1, 0.15) is 0 Å². The molecule has 1 aromatic heterocycles. The van der Waals surface area contributed by atoms with Gasteiger partial charge < -0.3 is 10.2 Å². The van der Waals surface area contributed by atoms with E-state index in [1.165, 1.54) is 4.88 Å². The van der Waals surface area contributed by atoms with Gasteiger partial charge in [0.15, 0.2) is 0 Å². The maximum absolute atomic E-state index is 13.1. The molecule has 2 heterocycles. The molecule has 0 saturated carbocycles. The van der Waals surface area contributed by atoms with Crippen LogP contribution in [0.15, 0.2) is 17.5 Å². The van der Waals surface area contributed by atoms with Gasteiger partial charge in [-0.15, -0.1) is 11.3 Å². The van der Waals surface area contributed by atoms with E-state index in [-0.39, 0.29) is 11.5 Å². The van der Waals surface area contributed by atoms with Gasteiger partial charge in [-0.3, -0.25) is 4.79 Å².